The first-order valence-corrected chi connectivity index (χ1v) is 6.79. The predicted octanol–water partition coefficient (Wildman–Crippen LogP) is 3.69. The third-order valence-electron chi connectivity index (χ3n) is 3.58. The summed E-state index contributed by atoms with van der Waals surface area (Å²) in [5.74, 6) is 0.538. The summed E-state index contributed by atoms with van der Waals surface area (Å²) in [4.78, 5) is 0. The highest BCUT2D eigenvalue weighted by atomic mass is 19.1. The Balaban J connectivity index is 1.85. The van der Waals surface area contributed by atoms with Crippen molar-refractivity contribution in [3.05, 3.63) is 41.9 Å². The molecule has 100 valence electrons. The van der Waals surface area contributed by atoms with Gasteiger partial charge in [0, 0.05) is 11.6 Å². The molecule has 1 atom stereocenters. The number of halogens is 1. The molecular weight excluding hydrogens is 243 g/mol. The number of nitrogens with zero attached hydrogens (tertiary/aromatic N) is 1. The van der Waals surface area contributed by atoms with Gasteiger partial charge in [-0.3, -0.25) is 0 Å². The molecule has 1 N–H and O–H groups in total. The normalized spacial score (nSPS) is 20.2. The molecule has 1 aromatic heterocycles. The minimum atomic E-state index is -0.267. The van der Waals surface area contributed by atoms with Crippen molar-refractivity contribution in [2.24, 2.45) is 0 Å². The first kappa shape index (κ1) is 12.4. The number of hydrogen-bond donors (Lipinski definition) is 1. The molecule has 0 bridgehead atoms. The quantitative estimate of drug-likeness (QED) is 0.895. The van der Waals surface area contributed by atoms with Crippen LogP contribution in [0.4, 0.5) is 4.39 Å². The molecule has 0 radical (unpaired) electrons. The third-order valence-corrected chi connectivity index (χ3v) is 3.58. The molecule has 1 saturated heterocycles. The second-order valence-corrected chi connectivity index (χ2v) is 4.95. The molecule has 19 heavy (non-hydrogen) atoms. The van der Waals surface area contributed by atoms with E-state index in [0.717, 1.165) is 18.7 Å². The lowest BCUT2D eigenvalue weighted by atomic mass is 10.1. The van der Waals surface area contributed by atoms with E-state index in [-0.39, 0.29) is 11.9 Å². The first-order chi connectivity index (χ1) is 9.34. The summed E-state index contributed by atoms with van der Waals surface area (Å²) in [5.41, 5.74) is 1.06. The van der Waals surface area contributed by atoms with Gasteiger partial charge in [0.1, 0.15) is 11.5 Å². The summed E-state index contributed by atoms with van der Waals surface area (Å²) < 4.78 is 19.1. The maximum Gasteiger partial charge on any atom is 0.154 e. The molecule has 1 aromatic carbocycles. The average Bonchev–Trinajstić information content (AvgIpc) is 2.75. The summed E-state index contributed by atoms with van der Waals surface area (Å²) >= 11 is 0. The van der Waals surface area contributed by atoms with Gasteiger partial charge >= 0.3 is 0 Å². The van der Waals surface area contributed by atoms with Crippen molar-refractivity contribution in [3.8, 4) is 11.3 Å². The van der Waals surface area contributed by atoms with E-state index < -0.39 is 0 Å². The topological polar surface area (TPSA) is 38.1 Å². The smallest absolute Gasteiger partial charge is 0.154 e. The van der Waals surface area contributed by atoms with Crippen molar-refractivity contribution < 1.29 is 8.91 Å². The molecule has 0 unspecified atom stereocenters. The number of rotatable bonds is 2. The van der Waals surface area contributed by atoms with Crippen molar-refractivity contribution in [2.45, 2.75) is 31.7 Å². The van der Waals surface area contributed by atoms with Gasteiger partial charge in [0.25, 0.3) is 0 Å². The van der Waals surface area contributed by atoms with Gasteiger partial charge in [-0.25, -0.2) is 4.39 Å². The van der Waals surface area contributed by atoms with Gasteiger partial charge in [-0.2, -0.15) is 0 Å². The summed E-state index contributed by atoms with van der Waals surface area (Å²) in [7, 11) is 0. The second-order valence-electron chi connectivity index (χ2n) is 4.95. The standard InChI is InChI=1S/C15H17FN2O/c16-12-7-4-3-6-11(12)14-10-15(19-18-14)13-8-2-1-5-9-17-13/h3-4,6-7,10,13,17H,1-2,5,8-9H2/t13-/m1/s1. The highest BCUT2D eigenvalue weighted by Crippen LogP contribution is 2.28. The van der Waals surface area contributed by atoms with Gasteiger partial charge in [-0.1, -0.05) is 30.1 Å². The molecule has 0 saturated carbocycles. The predicted molar refractivity (Wildman–Crippen MR) is 71.1 cm³/mol. The molecule has 0 spiro atoms. The van der Waals surface area contributed by atoms with Crippen molar-refractivity contribution in [2.75, 3.05) is 6.54 Å². The van der Waals surface area contributed by atoms with E-state index in [9.17, 15) is 4.39 Å². The summed E-state index contributed by atoms with van der Waals surface area (Å²) in [6.07, 6.45) is 4.68. The lowest BCUT2D eigenvalue weighted by molar-refractivity contribution is 0.336. The Morgan fingerprint density at radius 1 is 1.21 bits per heavy atom. The van der Waals surface area contributed by atoms with Gasteiger partial charge < -0.3 is 9.84 Å². The highest BCUT2D eigenvalue weighted by molar-refractivity contribution is 5.59. The second kappa shape index (κ2) is 5.53. The molecule has 1 aliphatic heterocycles. The van der Waals surface area contributed by atoms with Crippen LogP contribution in [0.2, 0.25) is 0 Å². The van der Waals surface area contributed by atoms with Crippen molar-refractivity contribution in [1.29, 1.82) is 0 Å². The summed E-state index contributed by atoms with van der Waals surface area (Å²) in [5, 5.41) is 7.45. The minimum Gasteiger partial charge on any atom is -0.359 e. The Hall–Kier alpha value is -1.68. The van der Waals surface area contributed by atoms with Gasteiger partial charge in [0.2, 0.25) is 0 Å². The maximum absolute atomic E-state index is 13.7. The molecule has 0 aliphatic carbocycles. The summed E-state index contributed by atoms with van der Waals surface area (Å²) in [6.45, 7) is 1.00. The number of benzene rings is 1. The molecule has 2 heterocycles. The lowest BCUT2D eigenvalue weighted by Gasteiger charge is -2.10. The first-order valence-electron chi connectivity index (χ1n) is 6.79. The number of hydrogen-bond acceptors (Lipinski definition) is 3. The van der Waals surface area contributed by atoms with Gasteiger partial charge in [0.15, 0.2) is 5.76 Å². The fourth-order valence-electron chi connectivity index (χ4n) is 2.52. The zero-order valence-corrected chi connectivity index (χ0v) is 10.7. The Kier molecular flexibility index (Phi) is 3.60. The maximum atomic E-state index is 13.7. The molecule has 0 amide bonds. The summed E-state index contributed by atoms with van der Waals surface area (Å²) in [6, 6.07) is 8.69. The van der Waals surface area contributed by atoms with Gasteiger partial charge in [-0.05, 0) is 31.5 Å². The van der Waals surface area contributed by atoms with E-state index in [0.29, 0.717) is 11.3 Å². The van der Waals surface area contributed by atoms with Crippen LogP contribution >= 0.6 is 0 Å². The monoisotopic (exact) mass is 260 g/mol. The zero-order chi connectivity index (χ0) is 13.1. The zero-order valence-electron chi connectivity index (χ0n) is 10.7. The van der Waals surface area contributed by atoms with Gasteiger partial charge in [0.05, 0.1) is 6.04 Å². The molecular formula is C15H17FN2O. The van der Waals surface area contributed by atoms with Crippen LogP contribution in [0.1, 0.15) is 37.5 Å². The highest BCUT2D eigenvalue weighted by Gasteiger charge is 2.19. The third kappa shape index (κ3) is 2.68. The fraction of sp³-hybridized carbons (Fsp3) is 0.400. The number of nitrogens with one attached hydrogen (secondary N) is 1. The molecule has 4 heteroatoms. The molecule has 3 nitrogen and oxygen atoms in total. The van der Waals surface area contributed by atoms with Crippen LogP contribution in [0.15, 0.2) is 34.9 Å². The lowest BCUT2D eigenvalue weighted by Crippen LogP contribution is -2.19. The van der Waals surface area contributed by atoms with E-state index in [1.165, 1.54) is 25.3 Å². The van der Waals surface area contributed by atoms with Gasteiger partial charge in [-0.15, -0.1) is 0 Å². The Bertz CT molecular complexity index is 545. The Morgan fingerprint density at radius 3 is 3.00 bits per heavy atom. The van der Waals surface area contributed by atoms with Crippen LogP contribution in [0, 0.1) is 5.82 Å². The molecule has 3 rings (SSSR count). The van der Waals surface area contributed by atoms with Crippen LogP contribution in [-0.2, 0) is 0 Å². The molecule has 1 aliphatic rings. The minimum absolute atomic E-state index is 0.204. The molecule has 1 fully saturated rings. The van der Waals surface area contributed by atoms with Crippen molar-refractivity contribution in [3.63, 3.8) is 0 Å². The Morgan fingerprint density at radius 2 is 2.11 bits per heavy atom. The Labute approximate surface area is 111 Å². The van der Waals surface area contributed by atoms with Crippen LogP contribution in [0.5, 0.6) is 0 Å². The van der Waals surface area contributed by atoms with Crippen LogP contribution in [0.3, 0.4) is 0 Å². The van der Waals surface area contributed by atoms with E-state index in [2.05, 4.69) is 10.5 Å². The van der Waals surface area contributed by atoms with Crippen molar-refractivity contribution >= 4 is 0 Å². The van der Waals surface area contributed by atoms with E-state index in [1.54, 1.807) is 18.2 Å². The average molecular weight is 260 g/mol. The van der Waals surface area contributed by atoms with Crippen molar-refractivity contribution in [1.82, 2.24) is 10.5 Å². The SMILES string of the molecule is Fc1ccccc1-c1cc([C@H]2CCCCCN2)on1. The van der Waals surface area contributed by atoms with Crippen LogP contribution in [0.25, 0.3) is 11.3 Å². The van der Waals surface area contributed by atoms with Crippen LogP contribution in [-0.4, -0.2) is 11.7 Å². The number of aromatic nitrogens is 1. The molecule has 2 aromatic rings. The van der Waals surface area contributed by atoms with E-state index in [1.807, 2.05) is 6.07 Å². The fourth-order valence-corrected chi connectivity index (χ4v) is 2.52. The van der Waals surface area contributed by atoms with E-state index in [4.69, 9.17) is 4.52 Å². The largest absolute Gasteiger partial charge is 0.359 e. The van der Waals surface area contributed by atoms with Crippen LogP contribution < -0.4 is 5.32 Å². The van der Waals surface area contributed by atoms with E-state index >= 15 is 0 Å².